The maximum Gasteiger partial charge on any atom is 0.244 e. The van der Waals surface area contributed by atoms with E-state index in [1.54, 1.807) is 22.5 Å². The van der Waals surface area contributed by atoms with E-state index in [0.29, 0.717) is 44.0 Å². The number of hydrogen-bond donors (Lipinski definition) is 1. The van der Waals surface area contributed by atoms with Crippen LogP contribution in [0, 0.1) is 19.8 Å². The molecule has 2 amide bonds. The van der Waals surface area contributed by atoms with Crippen LogP contribution >= 0.6 is 0 Å². The van der Waals surface area contributed by atoms with E-state index in [1.165, 1.54) is 4.90 Å². The van der Waals surface area contributed by atoms with Crippen LogP contribution < -0.4 is 10.2 Å². The van der Waals surface area contributed by atoms with Crippen molar-refractivity contribution in [2.24, 2.45) is 5.92 Å². The summed E-state index contributed by atoms with van der Waals surface area (Å²) in [4.78, 5) is 27.5. The Morgan fingerprint density at radius 3 is 2.56 bits per heavy atom. The number of nitrogens with zero attached hydrogens (tertiary/aromatic N) is 2. The molecule has 2 aromatic rings. The number of aryl methyl sites for hydroxylation is 2. The van der Waals surface area contributed by atoms with Crippen molar-refractivity contribution in [2.75, 3.05) is 29.9 Å². The number of sulfonamides is 1. The van der Waals surface area contributed by atoms with Gasteiger partial charge in [0.2, 0.25) is 21.8 Å². The number of fused-ring (bicyclic) bond motifs is 1. The number of carbonyl (C=O) groups is 2. The van der Waals surface area contributed by atoms with E-state index in [-0.39, 0.29) is 23.3 Å². The standard InChI is InChI=1S/C26H33N3O4S/c1-18-12-14-28(15-13-18)34(32,33)22-10-11-24-21(16-22)7-5-9-26(31)29(24)17-25(30)27-23-8-4-6-19(2)20(23)3/h4,6,8,10-11,16,18H,5,7,9,12-15,17H2,1-3H3,(H,27,30). The summed E-state index contributed by atoms with van der Waals surface area (Å²) >= 11 is 0. The van der Waals surface area contributed by atoms with Crippen LogP contribution in [0.4, 0.5) is 11.4 Å². The average molecular weight is 484 g/mol. The van der Waals surface area contributed by atoms with Gasteiger partial charge < -0.3 is 10.2 Å². The summed E-state index contributed by atoms with van der Waals surface area (Å²) in [6, 6.07) is 10.7. The van der Waals surface area contributed by atoms with Gasteiger partial charge >= 0.3 is 0 Å². The zero-order chi connectivity index (χ0) is 24.5. The van der Waals surface area contributed by atoms with Gasteiger partial charge in [-0.3, -0.25) is 9.59 Å². The van der Waals surface area contributed by atoms with Gasteiger partial charge in [0, 0.05) is 30.9 Å². The molecule has 0 aromatic heterocycles. The fourth-order valence-corrected chi connectivity index (χ4v) is 6.17. The van der Waals surface area contributed by atoms with Gasteiger partial charge in [0.15, 0.2) is 0 Å². The minimum atomic E-state index is -3.58. The molecule has 4 rings (SSSR count). The first-order chi connectivity index (χ1) is 16.2. The number of benzene rings is 2. The van der Waals surface area contributed by atoms with E-state index in [1.807, 2.05) is 32.0 Å². The Morgan fingerprint density at radius 1 is 1.09 bits per heavy atom. The predicted octanol–water partition coefficient (Wildman–Crippen LogP) is 4.03. The second-order valence-electron chi connectivity index (χ2n) is 9.51. The van der Waals surface area contributed by atoms with Gasteiger partial charge in [-0.15, -0.1) is 0 Å². The molecule has 2 aromatic carbocycles. The van der Waals surface area contributed by atoms with Crippen molar-refractivity contribution in [3.63, 3.8) is 0 Å². The molecule has 1 fully saturated rings. The van der Waals surface area contributed by atoms with E-state index in [0.717, 1.165) is 35.2 Å². The number of carbonyl (C=O) groups excluding carboxylic acids is 2. The van der Waals surface area contributed by atoms with E-state index in [2.05, 4.69) is 12.2 Å². The summed E-state index contributed by atoms with van der Waals surface area (Å²) in [7, 11) is -3.58. The molecule has 34 heavy (non-hydrogen) atoms. The van der Waals surface area contributed by atoms with Crippen LogP contribution in [0.2, 0.25) is 0 Å². The molecule has 0 spiro atoms. The van der Waals surface area contributed by atoms with Crippen LogP contribution in [0.15, 0.2) is 41.3 Å². The molecule has 1 saturated heterocycles. The zero-order valence-corrected chi connectivity index (χ0v) is 21.0. The number of anilines is 2. The van der Waals surface area contributed by atoms with Crippen molar-refractivity contribution < 1.29 is 18.0 Å². The molecule has 8 heteroatoms. The van der Waals surface area contributed by atoms with Crippen molar-refractivity contribution in [1.82, 2.24) is 4.31 Å². The monoisotopic (exact) mass is 483 g/mol. The third-order valence-corrected chi connectivity index (χ3v) is 8.94. The quantitative estimate of drug-likeness (QED) is 0.696. The Hall–Kier alpha value is -2.71. The zero-order valence-electron chi connectivity index (χ0n) is 20.1. The van der Waals surface area contributed by atoms with E-state index < -0.39 is 10.0 Å². The summed E-state index contributed by atoms with van der Waals surface area (Å²) in [5.74, 6) is 0.123. The van der Waals surface area contributed by atoms with Gasteiger partial charge in [0.25, 0.3) is 0 Å². The molecule has 0 bridgehead atoms. The third-order valence-electron chi connectivity index (χ3n) is 7.04. The maximum absolute atomic E-state index is 13.2. The Bertz CT molecular complexity index is 1200. The molecule has 0 atom stereocenters. The van der Waals surface area contributed by atoms with Crippen LogP contribution in [0.5, 0.6) is 0 Å². The molecule has 2 heterocycles. The van der Waals surface area contributed by atoms with Gasteiger partial charge in [0.05, 0.1) is 4.90 Å². The Balaban J connectivity index is 1.57. The summed E-state index contributed by atoms with van der Waals surface area (Å²) in [5, 5.41) is 2.92. The van der Waals surface area contributed by atoms with E-state index >= 15 is 0 Å². The van der Waals surface area contributed by atoms with Crippen molar-refractivity contribution in [3.05, 3.63) is 53.1 Å². The molecule has 0 unspecified atom stereocenters. The molecule has 182 valence electrons. The van der Waals surface area contributed by atoms with Gasteiger partial charge in [-0.1, -0.05) is 19.1 Å². The molecule has 2 aliphatic rings. The van der Waals surface area contributed by atoms with E-state index in [4.69, 9.17) is 0 Å². The lowest BCUT2D eigenvalue weighted by Gasteiger charge is -2.30. The highest BCUT2D eigenvalue weighted by Gasteiger charge is 2.30. The number of amides is 2. The van der Waals surface area contributed by atoms with Crippen molar-refractivity contribution >= 4 is 33.2 Å². The SMILES string of the molecule is Cc1cccc(NC(=O)CN2C(=O)CCCc3cc(S(=O)(=O)N4CCC(C)CC4)ccc32)c1C. The van der Waals surface area contributed by atoms with Crippen molar-refractivity contribution in [1.29, 1.82) is 0 Å². The summed E-state index contributed by atoms with van der Waals surface area (Å²) < 4.78 is 28.0. The summed E-state index contributed by atoms with van der Waals surface area (Å²) in [5.41, 5.74) is 4.19. The minimum Gasteiger partial charge on any atom is -0.324 e. The van der Waals surface area contributed by atoms with Crippen LogP contribution in [0.3, 0.4) is 0 Å². The molecular formula is C26H33N3O4S. The first-order valence-corrected chi connectivity index (χ1v) is 13.4. The topological polar surface area (TPSA) is 86.8 Å². The highest BCUT2D eigenvalue weighted by molar-refractivity contribution is 7.89. The highest BCUT2D eigenvalue weighted by Crippen LogP contribution is 2.31. The second-order valence-corrected chi connectivity index (χ2v) is 11.4. The number of hydrogen-bond acceptors (Lipinski definition) is 4. The van der Waals surface area contributed by atoms with Gasteiger partial charge in [-0.25, -0.2) is 8.42 Å². The highest BCUT2D eigenvalue weighted by atomic mass is 32.2. The van der Waals surface area contributed by atoms with Crippen LogP contribution in [-0.4, -0.2) is 44.2 Å². The second kappa shape index (κ2) is 9.88. The van der Waals surface area contributed by atoms with Gasteiger partial charge in [-0.2, -0.15) is 4.31 Å². The minimum absolute atomic E-state index is 0.116. The summed E-state index contributed by atoms with van der Waals surface area (Å²) in [6.45, 7) is 7.02. The number of piperidine rings is 1. The molecule has 2 aliphatic heterocycles. The molecular weight excluding hydrogens is 450 g/mol. The molecule has 7 nitrogen and oxygen atoms in total. The lowest BCUT2D eigenvalue weighted by molar-refractivity contribution is -0.121. The Labute approximate surface area is 202 Å². The fourth-order valence-electron chi connectivity index (χ4n) is 4.65. The molecule has 0 saturated carbocycles. The maximum atomic E-state index is 13.2. The Kier molecular flexibility index (Phi) is 7.09. The summed E-state index contributed by atoms with van der Waals surface area (Å²) in [6.07, 6.45) is 3.25. The first kappa shape index (κ1) is 24.4. The van der Waals surface area contributed by atoms with Crippen LogP contribution in [-0.2, 0) is 26.0 Å². The van der Waals surface area contributed by atoms with Gasteiger partial charge in [0.1, 0.15) is 6.54 Å². The van der Waals surface area contributed by atoms with Crippen molar-refractivity contribution in [2.45, 2.75) is 57.8 Å². The molecule has 1 N–H and O–H groups in total. The van der Waals surface area contributed by atoms with Crippen molar-refractivity contribution in [3.8, 4) is 0 Å². The molecule has 0 aliphatic carbocycles. The number of nitrogens with one attached hydrogen (secondary N) is 1. The van der Waals surface area contributed by atoms with Crippen LogP contribution in [0.25, 0.3) is 0 Å². The third kappa shape index (κ3) is 5.03. The predicted molar refractivity (Wildman–Crippen MR) is 133 cm³/mol. The molecule has 0 radical (unpaired) electrons. The lowest BCUT2D eigenvalue weighted by Crippen LogP contribution is -2.38. The number of rotatable bonds is 5. The van der Waals surface area contributed by atoms with Gasteiger partial charge in [-0.05, 0) is 86.4 Å². The smallest absolute Gasteiger partial charge is 0.244 e. The lowest BCUT2D eigenvalue weighted by atomic mass is 10.0. The average Bonchev–Trinajstić information content (AvgIpc) is 2.95. The first-order valence-electron chi connectivity index (χ1n) is 12.0. The van der Waals surface area contributed by atoms with E-state index in [9.17, 15) is 18.0 Å². The normalized spacial score (nSPS) is 17.9. The Morgan fingerprint density at radius 2 is 1.82 bits per heavy atom. The fraction of sp³-hybridized carbons (Fsp3) is 0.462. The largest absolute Gasteiger partial charge is 0.324 e. The van der Waals surface area contributed by atoms with Crippen LogP contribution in [0.1, 0.15) is 49.3 Å².